The Bertz CT molecular complexity index is 1180. The molecular weight excluding hydrogens is 402 g/mol. The number of anilines is 2. The second kappa shape index (κ2) is 10.6. The summed E-state index contributed by atoms with van der Waals surface area (Å²) in [7, 11) is 0. The monoisotopic (exact) mass is 425 g/mol. The molecule has 6 nitrogen and oxygen atoms in total. The number of rotatable bonds is 7. The number of nitrogens with zero attached hydrogens (tertiary/aromatic N) is 1. The number of aryl methyl sites for hydroxylation is 2. The third kappa shape index (κ3) is 6.31. The molecule has 0 aliphatic carbocycles. The molecule has 0 saturated carbocycles. The lowest BCUT2D eigenvalue weighted by molar-refractivity contribution is -0.118. The van der Waals surface area contributed by atoms with E-state index in [1.807, 2.05) is 44.2 Å². The van der Waals surface area contributed by atoms with Gasteiger partial charge in [-0.25, -0.2) is 0 Å². The van der Waals surface area contributed by atoms with E-state index in [2.05, 4.69) is 10.6 Å². The number of ether oxygens (including phenoxy) is 1. The summed E-state index contributed by atoms with van der Waals surface area (Å²) in [6.07, 6.45) is 1.49. The lowest BCUT2D eigenvalue weighted by Crippen LogP contribution is -2.20. The molecule has 6 heteroatoms. The molecule has 0 aliphatic rings. The van der Waals surface area contributed by atoms with Crippen molar-refractivity contribution in [3.05, 3.63) is 95.1 Å². The van der Waals surface area contributed by atoms with Crippen molar-refractivity contribution in [2.45, 2.75) is 13.8 Å². The predicted molar refractivity (Wildman–Crippen MR) is 125 cm³/mol. The third-order valence-corrected chi connectivity index (χ3v) is 4.61. The average molecular weight is 425 g/mol. The fourth-order valence-corrected chi connectivity index (χ4v) is 2.98. The summed E-state index contributed by atoms with van der Waals surface area (Å²) < 4.78 is 5.54. The maximum Gasteiger partial charge on any atom is 0.266 e. The lowest BCUT2D eigenvalue weighted by atomic mass is 10.1. The summed E-state index contributed by atoms with van der Waals surface area (Å²) in [4.78, 5) is 24.5. The Labute approximate surface area is 187 Å². The first-order valence-corrected chi connectivity index (χ1v) is 10.0. The molecule has 2 amide bonds. The van der Waals surface area contributed by atoms with Crippen LogP contribution < -0.4 is 15.4 Å². The standard InChI is InChI=1S/C26H23N3O3/c1-18-8-13-24(19(2)14-18)29-25(30)17-32-23-11-9-20(10-12-23)15-21(16-27)26(31)28-22-6-4-3-5-7-22/h3-15H,17H2,1-2H3,(H,28,31)(H,29,30)/b21-15+. The second-order valence-corrected chi connectivity index (χ2v) is 7.21. The summed E-state index contributed by atoms with van der Waals surface area (Å²) in [5.41, 5.74) is 4.12. The molecule has 32 heavy (non-hydrogen) atoms. The molecular formula is C26H23N3O3. The van der Waals surface area contributed by atoms with Crippen molar-refractivity contribution in [1.82, 2.24) is 0 Å². The molecule has 2 N–H and O–H groups in total. The van der Waals surface area contributed by atoms with Crippen molar-refractivity contribution in [1.29, 1.82) is 5.26 Å². The first-order chi connectivity index (χ1) is 15.4. The molecule has 0 unspecified atom stereocenters. The Morgan fingerprint density at radius 3 is 2.34 bits per heavy atom. The van der Waals surface area contributed by atoms with Crippen molar-refractivity contribution >= 4 is 29.3 Å². The summed E-state index contributed by atoms with van der Waals surface area (Å²) in [5.74, 6) is -0.238. The highest BCUT2D eigenvalue weighted by molar-refractivity contribution is 6.09. The predicted octanol–water partition coefficient (Wildman–Crippen LogP) is 4.87. The number of nitriles is 1. The van der Waals surface area contributed by atoms with Crippen LogP contribution in [-0.2, 0) is 9.59 Å². The van der Waals surface area contributed by atoms with Crippen LogP contribution in [0, 0.1) is 25.2 Å². The number of carbonyl (C=O) groups is 2. The van der Waals surface area contributed by atoms with E-state index in [1.54, 1.807) is 48.5 Å². The van der Waals surface area contributed by atoms with E-state index in [1.165, 1.54) is 6.08 Å². The lowest BCUT2D eigenvalue weighted by Gasteiger charge is -2.10. The third-order valence-electron chi connectivity index (χ3n) is 4.61. The normalized spacial score (nSPS) is 10.7. The fraction of sp³-hybridized carbons (Fsp3) is 0.115. The van der Waals surface area contributed by atoms with Crippen LogP contribution in [0.5, 0.6) is 5.75 Å². The zero-order chi connectivity index (χ0) is 22.9. The maximum absolute atomic E-state index is 12.3. The van der Waals surface area contributed by atoms with Crippen LogP contribution in [0.2, 0.25) is 0 Å². The van der Waals surface area contributed by atoms with Gasteiger partial charge in [-0.15, -0.1) is 0 Å². The van der Waals surface area contributed by atoms with Gasteiger partial charge < -0.3 is 15.4 Å². The van der Waals surface area contributed by atoms with E-state index >= 15 is 0 Å². The van der Waals surface area contributed by atoms with E-state index in [4.69, 9.17) is 4.74 Å². The van der Waals surface area contributed by atoms with Crippen LogP contribution in [0.4, 0.5) is 11.4 Å². The average Bonchev–Trinajstić information content (AvgIpc) is 2.79. The number of benzene rings is 3. The van der Waals surface area contributed by atoms with Crippen LogP contribution in [-0.4, -0.2) is 18.4 Å². The Hall–Kier alpha value is -4.37. The summed E-state index contributed by atoms with van der Waals surface area (Å²) >= 11 is 0. The van der Waals surface area contributed by atoms with E-state index in [0.717, 1.165) is 16.8 Å². The minimum Gasteiger partial charge on any atom is -0.484 e. The minimum atomic E-state index is -0.484. The smallest absolute Gasteiger partial charge is 0.266 e. The molecule has 0 radical (unpaired) electrons. The topological polar surface area (TPSA) is 91.2 Å². The first-order valence-electron chi connectivity index (χ1n) is 10.0. The van der Waals surface area contributed by atoms with Crippen molar-refractivity contribution in [2.75, 3.05) is 17.2 Å². The molecule has 0 atom stereocenters. The van der Waals surface area contributed by atoms with Crippen LogP contribution in [0.25, 0.3) is 6.08 Å². The first kappa shape index (κ1) is 22.3. The largest absolute Gasteiger partial charge is 0.484 e. The summed E-state index contributed by atoms with van der Waals surface area (Å²) in [6.45, 7) is 3.80. The summed E-state index contributed by atoms with van der Waals surface area (Å²) in [5, 5.41) is 14.9. The van der Waals surface area contributed by atoms with Gasteiger partial charge in [0.15, 0.2) is 6.61 Å². The van der Waals surface area contributed by atoms with Crippen molar-refractivity contribution in [3.63, 3.8) is 0 Å². The molecule has 0 fully saturated rings. The van der Waals surface area contributed by atoms with Gasteiger partial charge in [0.2, 0.25) is 0 Å². The van der Waals surface area contributed by atoms with Crippen LogP contribution >= 0.6 is 0 Å². The molecule has 0 saturated heterocycles. The van der Waals surface area contributed by atoms with E-state index in [-0.39, 0.29) is 18.1 Å². The van der Waals surface area contributed by atoms with Gasteiger partial charge in [0.05, 0.1) is 0 Å². The van der Waals surface area contributed by atoms with Gasteiger partial charge in [0.1, 0.15) is 17.4 Å². The van der Waals surface area contributed by atoms with E-state index in [9.17, 15) is 14.9 Å². The Morgan fingerprint density at radius 1 is 0.969 bits per heavy atom. The SMILES string of the molecule is Cc1ccc(NC(=O)COc2ccc(/C=C(\C#N)C(=O)Nc3ccccc3)cc2)c(C)c1. The van der Waals surface area contributed by atoms with Crippen molar-refractivity contribution < 1.29 is 14.3 Å². The molecule has 160 valence electrons. The number of hydrogen-bond donors (Lipinski definition) is 2. The highest BCUT2D eigenvalue weighted by atomic mass is 16.5. The zero-order valence-corrected chi connectivity index (χ0v) is 17.9. The summed E-state index contributed by atoms with van der Waals surface area (Å²) in [6, 6.07) is 23.4. The van der Waals surface area contributed by atoms with Gasteiger partial charge in [-0.05, 0) is 61.4 Å². The van der Waals surface area contributed by atoms with Crippen LogP contribution in [0.15, 0.2) is 78.4 Å². The van der Waals surface area contributed by atoms with Gasteiger partial charge >= 0.3 is 0 Å². The Balaban J connectivity index is 1.57. The number of amides is 2. The maximum atomic E-state index is 12.3. The molecule has 0 aliphatic heterocycles. The van der Waals surface area contributed by atoms with Gasteiger partial charge in [-0.3, -0.25) is 9.59 Å². The highest BCUT2D eigenvalue weighted by Crippen LogP contribution is 2.18. The minimum absolute atomic E-state index is 0.0182. The molecule has 0 heterocycles. The van der Waals surface area contributed by atoms with Crippen molar-refractivity contribution in [2.24, 2.45) is 0 Å². The van der Waals surface area contributed by atoms with Crippen LogP contribution in [0.3, 0.4) is 0 Å². The zero-order valence-electron chi connectivity index (χ0n) is 17.9. The van der Waals surface area contributed by atoms with Crippen LogP contribution in [0.1, 0.15) is 16.7 Å². The van der Waals surface area contributed by atoms with Gasteiger partial charge in [-0.2, -0.15) is 5.26 Å². The van der Waals surface area contributed by atoms with Crippen molar-refractivity contribution in [3.8, 4) is 11.8 Å². The molecule has 3 rings (SSSR count). The molecule has 3 aromatic carbocycles. The van der Waals surface area contributed by atoms with E-state index < -0.39 is 5.91 Å². The number of hydrogen-bond acceptors (Lipinski definition) is 4. The molecule has 3 aromatic rings. The molecule has 0 bridgehead atoms. The van der Waals surface area contributed by atoms with Gasteiger partial charge in [0.25, 0.3) is 11.8 Å². The fourth-order valence-electron chi connectivity index (χ4n) is 2.98. The van der Waals surface area contributed by atoms with Gasteiger partial charge in [0, 0.05) is 11.4 Å². The number of para-hydroxylation sites is 1. The van der Waals surface area contributed by atoms with E-state index in [0.29, 0.717) is 17.0 Å². The quantitative estimate of drug-likeness (QED) is 0.417. The molecule has 0 spiro atoms. The number of nitrogens with one attached hydrogen (secondary N) is 2. The molecule has 0 aromatic heterocycles. The number of carbonyl (C=O) groups excluding carboxylic acids is 2. The second-order valence-electron chi connectivity index (χ2n) is 7.21. The highest BCUT2D eigenvalue weighted by Gasteiger charge is 2.10. The van der Waals surface area contributed by atoms with Gasteiger partial charge in [-0.1, -0.05) is 48.0 Å². The Kier molecular flexibility index (Phi) is 7.39. The Morgan fingerprint density at radius 2 is 1.69 bits per heavy atom.